The van der Waals surface area contributed by atoms with Crippen molar-refractivity contribution in [2.75, 3.05) is 0 Å². The number of aromatic carboxylic acids is 1. The van der Waals surface area contributed by atoms with Crippen LogP contribution in [0.25, 0.3) is 0 Å². The smallest absolute Gasteiger partial charge is 0.341 e. The molecule has 4 heteroatoms. The van der Waals surface area contributed by atoms with E-state index in [2.05, 4.69) is 0 Å². The van der Waals surface area contributed by atoms with E-state index in [-0.39, 0.29) is 5.56 Å². The maximum atomic E-state index is 11.5. The normalized spacial score (nSPS) is 16.6. The molecule has 1 aliphatic rings. The van der Waals surface area contributed by atoms with E-state index in [0.29, 0.717) is 6.04 Å². The summed E-state index contributed by atoms with van der Waals surface area (Å²) in [5.74, 6) is -1.14. The van der Waals surface area contributed by atoms with Crippen molar-refractivity contribution in [1.82, 2.24) is 4.57 Å². The summed E-state index contributed by atoms with van der Waals surface area (Å²) < 4.78 is 1.94. The Morgan fingerprint density at radius 3 is 2.62 bits per heavy atom. The van der Waals surface area contributed by atoms with Gasteiger partial charge in [-0.05, 0) is 19.8 Å². The Morgan fingerprint density at radius 2 is 2.06 bits per heavy atom. The highest BCUT2D eigenvalue weighted by molar-refractivity contribution is 5.87. The van der Waals surface area contributed by atoms with Crippen molar-refractivity contribution < 1.29 is 9.90 Å². The number of rotatable bonds is 2. The van der Waals surface area contributed by atoms with Gasteiger partial charge < -0.3 is 9.67 Å². The second-order valence-corrected chi connectivity index (χ2v) is 4.34. The molecule has 0 aromatic carbocycles. The van der Waals surface area contributed by atoms with E-state index < -0.39 is 11.4 Å². The molecule has 1 aromatic rings. The number of aromatic nitrogens is 1. The van der Waals surface area contributed by atoms with Gasteiger partial charge in [0, 0.05) is 24.0 Å². The summed E-state index contributed by atoms with van der Waals surface area (Å²) in [6, 6.07) is 1.78. The predicted molar refractivity (Wildman–Crippen MR) is 59.9 cm³/mol. The molecule has 0 amide bonds. The van der Waals surface area contributed by atoms with E-state index in [1.54, 1.807) is 0 Å². The van der Waals surface area contributed by atoms with Crippen LogP contribution in [0.4, 0.5) is 0 Å². The summed E-state index contributed by atoms with van der Waals surface area (Å²) >= 11 is 0. The van der Waals surface area contributed by atoms with Crippen LogP contribution in [0, 0.1) is 6.92 Å². The Balaban J connectivity index is 2.48. The van der Waals surface area contributed by atoms with E-state index in [1.165, 1.54) is 25.1 Å². The summed E-state index contributed by atoms with van der Waals surface area (Å²) in [4.78, 5) is 22.3. The highest BCUT2D eigenvalue weighted by atomic mass is 16.4. The number of hydrogen-bond acceptors (Lipinski definition) is 2. The van der Waals surface area contributed by atoms with Crippen LogP contribution in [-0.4, -0.2) is 15.6 Å². The fraction of sp³-hybridized carbons (Fsp3) is 0.500. The van der Waals surface area contributed by atoms with Crippen LogP contribution in [0.5, 0.6) is 0 Å². The SMILES string of the molecule is Cc1cc(=O)c(C(=O)O)cn1C1CCCC1. The van der Waals surface area contributed by atoms with Gasteiger partial charge in [0.05, 0.1) is 0 Å². The topological polar surface area (TPSA) is 59.3 Å². The molecule has 1 aromatic heterocycles. The van der Waals surface area contributed by atoms with Gasteiger partial charge >= 0.3 is 5.97 Å². The van der Waals surface area contributed by atoms with Crippen molar-refractivity contribution in [1.29, 1.82) is 0 Å². The van der Waals surface area contributed by atoms with Gasteiger partial charge in [0.1, 0.15) is 5.56 Å². The number of pyridine rings is 1. The average molecular weight is 221 g/mol. The molecule has 1 aliphatic carbocycles. The minimum absolute atomic E-state index is 0.127. The zero-order chi connectivity index (χ0) is 11.7. The summed E-state index contributed by atoms with van der Waals surface area (Å²) in [7, 11) is 0. The zero-order valence-electron chi connectivity index (χ0n) is 9.27. The van der Waals surface area contributed by atoms with E-state index >= 15 is 0 Å². The van der Waals surface area contributed by atoms with Gasteiger partial charge in [0.2, 0.25) is 0 Å². The lowest BCUT2D eigenvalue weighted by atomic mass is 10.2. The predicted octanol–water partition coefficient (Wildman–Crippen LogP) is 1.97. The number of carboxylic acid groups (broad SMARTS) is 1. The first kappa shape index (κ1) is 10.9. The fourth-order valence-electron chi connectivity index (χ4n) is 2.38. The van der Waals surface area contributed by atoms with Gasteiger partial charge in [0.25, 0.3) is 0 Å². The van der Waals surface area contributed by atoms with E-state index in [0.717, 1.165) is 18.5 Å². The molecule has 0 spiro atoms. The molecule has 1 fully saturated rings. The highest BCUT2D eigenvalue weighted by Crippen LogP contribution is 2.30. The highest BCUT2D eigenvalue weighted by Gasteiger charge is 2.19. The molecule has 0 unspecified atom stereocenters. The van der Waals surface area contributed by atoms with E-state index in [1.807, 2.05) is 11.5 Å². The Kier molecular flexibility index (Phi) is 2.81. The van der Waals surface area contributed by atoms with Crippen molar-refractivity contribution in [3.63, 3.8) is 0 Å². The van der Waals surface area contributed by atoms with Crippen LogP contribution in [0.3, 0.4) is 0 Å². The molecule has 0 saturated heterocycles. The largest absolute Gasteiger partial charge is 0.477 e. The Labute approximate surface area is 93.5 Å². The van der Waals surface area contributed by atoms with Gasteiger partial charge in [0.15, 0.2) is 5.43 Å². The molecule has 2 rings (SSSR count). The fourth-order valence-corrected chi connectivity index (χ4v) is 2.38. The summed E-state index contributed by atoms with van der Waals surface area (Å²) in [6.45, 7) is 1.85. The van der Waals surface area contributed by atoms with Crippen molar-refractivity contribution in [3.05, 3.63) is 33.7 Å². The first-order valence-corrected chi connectivity index (χ1v) is 5.55. The first-order valence-electron chi connectivity index (χ1n) is 5.55. The standard InChI is InChI=1S/C12H15NO3/c1-8-6-11(14)10(12(15)16)7-13(8)9-4-2-3-5-9/h6-7,9H,2-5H2,1H3,(H,15,16). The van der Waals surface area contributed by atoms with Gasteiger partial charge in [-0.3, -0.25) is 4.79 Å². The van der Waals surface area contributed by atoms with Crippen molar-refractivity contribution in [2.45, 2.75) is 38.6 Å². The summed E-state index contributed by atoms with van der Waals surface area (Å²) in [5.41, 5.74) is 0.318. The van der Waals surface area contributed by atoms with Gasteiger partial charge in [-0.2, -0.15) is 0 Å². The van der Waals surface area contributed by atoms with Crippen molar-refractivity contribution in [3.8, 4) is 0 Å². The maximum absolute atomic E-state index is 11.5. The Bertz CT molecular complexity index is 470. The monoisotopic (exact) mass is 221 g/mol. The van der Waals surface area contributed by atoms with Crippen LogP contribution >= 0.6 is 0 Å². The molecular formula is C12H15NO3. The number of hydrogen-bond donors (Lipinski definition) is 1. The minimum atomic E-state index is -1.14. The molecule has 0 atom stereocenters. The zero-order valence-corrected chi connectivity index (χ0v) is 9.27. The molecule has 0 bridgehead atoms. The van der Waals surface area contributed by atoms with Gasteiger partial charge in [-0.25, -0.2) is 4.79 Å². The minimum Gasteiger partial charge on any atom is -0.477 e. The lowest BCUT2D eigenvalue weighted by molar-refractivity contribution is 0.0694. The maximum Gasteiger partial charge on any atom is 0.341 e. The average Bonchev–Trinajstić information content (AvgIpc) is 2.70. The molecule has 0 radical (unpaired) electrons. The third-order valence-corrected chi connectivity index (χ3v) is 3.23. The molecule has 1 N–H and O–H groups in total. The molecule has 16 heavy (non-hydrogen) atoms. The van der Waals surface area contributed by atoms with Crippen LogP contribution < -0.4 is 5.43 Å². The third-order valence-electron chi connectivity index (χ3n) is 3.23. The van der Waals surface area contributed by atoms with E-state index in [9.17, 15) is 9.59 Å². The van der Waals surface area contributed by atoms with Crippen LogP contribution in [0.2, 0.25) is 0 Å². The molecule has 1 saturated carbocycles. The molecule has 1 heterocycles. The third kappa shape index (κ3) is 1.87. The number of carboxylic acids is 1. The lowest BCUT2D eigenvalue weighted by Gasteiger charge is -2.18. The molecule has 0 aliphatic heterocycles. The van der Waals surface area contributed by atoms with Gasteiger partial charge in [-0.15, -0.1) is 0 Å². The summed E-state index contributed by atoms with van der Waals surface area (Å²) in [5, 5.41) is 8.91. The number of carbonyl (C=O) groups is 1. The Morgan fingerprint density at radius 1 is 1.44 bits per heavy atom. The van der Waals surface area contributed by atoms with Crippen LogP contribution in [0.15, 0.2) is 17.1 Å². The van der Waals surface area contributed by atoms with E-state index in [4.69, 9.17) is 5.11 Å². The van der Waals surface area contributed by atoms with Crippen molar-refractivity contribution >= 4 is 5.97 Å². The second-order valence-electron chi connectivity index (χ2n) is 4.34. The van der Waals surface area contributed by atoms with Gasteiger partial charge in [-0.1, -0.05) is 12.8 Å². The molecular weight excluding hydrogens is 206 g/mol. The Hall–Kier alpha value is -1.58. The first-order chi connectivity index (χ1) is 7.59. The molecule has 86 valence electrons. The van der Waals surface area contributed by atoms with Crippen LogP contribution in [-0.2, 0) is 0 Å². The lowest BCUT2D eigenvalue weighted by Crippen LogP contribution is -2.20. The van der Waals surface area contributed by atoms with Crippen molar-refractivity contribution in [2.24, 2.45) is 0 Å². The van der Waals surface area contributed by atoms with Crippen LogP contribution in [0.1, 0.15) is 47.8 Å². The summed E-state index contributed by atoms with van der Waals surface area (Å²) in [6.07, 6.45) is 6.00. The second kappa shape index (κ2) is 4.12. The quantitative estimate of drug-likeness (QED) is 0.830. The molecule has 4 nitrogen and oxygen atoms in total. The number of nitrogens with zero attached hydrogens (tertiary/aromatic N) is 1. The number of aryl methyl sites for hydroxylation is 1.